The first-order valence-electron chi connectivity index (χ1n) is 9.48. The van der Waals surface area contributed by atoms with E-state index in [0.717, 1.165) is 23.4 Å². The Morgan fingerprint density at radius 2 is 2.10 bits per heavy atom. The lowest BCUT2D eigenvalue weighted by atomic mass is 9.89. The highest BCUT2D eigenvalue weighted by atomic mass is 35.5. The molecule has 0 saturated carbocycles. The Bertz CT molecular complexity index is 900. The van der Waals surface area contributed by atoms with Gasteiger partial charge in [0.15, 0.2) is 0 Å². The maximum absolute atomic E-state index is 14.3. The summed E-state index contributed by atoms with van der Waals surface area (Å²) in [5, 5.41) is 0.0812. The first kappa shape index (κ1) is 21.6. The van der Waals surface area contributed by atoms with E-state index >= 15 is 0 Å². The Morgan fingerprint density at radius 3 is 2.72 bits per heavy atom. The van der Waals surface area contributed by atoms with Crippen LogP contribution in [0.5, 0.6) is 5.75 Å². The molecule has 7 heteroatoms. The van der Waals surface area contributed by atoms with E-state index in [4.69, 9.17) is 25.8 Å². The molecule has 0 radical (unpaired) electrons. The minimum Gasteiger partial charge on any atom is -0.496 e. The van der Waals surface area contributed by atoms with E-state index in [1.54, 1.807) is 25.6 Å². The third-order valence-corrected chi connectivity index (χ3v) is 5.40. The van der Waals surface area contributed by atoms with Crippen LogP contribution >= 0.6 is 11.6 Å². The van der Waals surface area contributed by atoms with Crippen molar-refractivity contribution >= 4 is 23.6 Å². The molecule has 29 heavy (non-hydrogen) atoms. The van der Waals surface area contributed by atoms with Gasteiger partial charge in [-0.1, -0.05) is 23.7 Å². The maximum atomic E-state index is 14.3. The van der Waals surface area contributed by atoms with Gasteiger partial charge in [-0.05, 0) is 31.5 Å². The smallest absolute Gasteiger partial charge is 0.147 e. The van der Waals surface area contributed by atoms with Crippen LogP contribution in [0.4, 0.5) is 10.1 Å². The molecule has 0 aliphatic carbocycles. The summed E-state index contributed by atoms with van der Waals surface area (Å²) in [5.41, 5.74) is 2.39. The average molecular weight is 421 g/mol. The lowest BCUT2D eigenvalue weighted by molar-refractivity contribution is -0.223. The van der Waals surface area contributed by atoms with Gasteiger partial charge in [-0.3, -0.25) is 0 Å². The quantitative estimate of drug-likeness (QED) is 0.452. The number of methoxy groups -OCH3 is 1. The van der Waals surface area contributed by atoms with Crippen LogP contribution in [0.3, 0.4) is 0 Å². The molecule has 1 fully saturated rings. The normalized spacial score (nSPS) is 15.4. The Balaban J connectivity index is 1.89. The zero-order valence-corrected chi connectivity index (χ0v) is 17.9. The van der Waals surface area contributed by atoms with Crippen molar-refractivity contribution in [2.75, 3.05) is 33.9 Å². The van der Waals surface area contributed by atoms with E-state index < -0.39 is 11.4 Å². The summed E-state index contributed by atoms with van der Waals surface area (Å²) in [6, 6.07) is 8.80. The molecular weight excluding hydrogens is 395 g/mol. The molecule has 0 bridgehead atoms. The number of aryl methyl sites for hydroxylation is 1. The van der Waals surface area contributed by atoms with Gasteiger partial charge in [0, 0.05) is 30.8 Å². The molecule has 2 aromatic rings. The van der Waals surface area contributed by atoms with Crippen molar-refractivity contribution in [3.63, 3.8) is 0 Å². The van der Waals surface area contributed by atoms with Crippen molar-refractivity contribution in [2.24, 2.45) is 4.99 Å². The van der Waals surface area contributed by atoms with Crippen LogP contribution in [-0.2, 0) is 21.7 Å². The first-order valence-corrected chi connectivity index (χ1v) is 9.86. The van der Waals surface area contributed by atoms with Crippen LogP contribution in [0.15, 0.2) is 35.3 Å². The Labute approximate surface area is 176 Å². The van der Waals surface area contributed by atoms with Gasteiger partial charge in [0.25, 0.3) is 0 Å². The minimum atomic E-state index is -0.701. The lowest BCUT2D eigenvalue weighted by Crippen LogP contribution is -2.49. The molecule has 1 aliphatic heterocycles. The lowest BCUT2D eigenvalue weighted by Gasteiger charge is -2.42. The molecule has 0 N–H and O–H groups in total. The van der Waals surface area contributed by atoms with E-state index in [1.165, 1.54) is 6.07 Å². The van der Waals surface area contributed by atoms with Gasteiger partial charge < -0.3 is 19.1 Å². The van der Waals surface area contributed by atoms with E-state index in [2.05, 4.69) is 11.9 Å². The number of benzene rings is 2. The number of aliphatic imine (C=N–C) groups is 1. The van der Waals surface area contributed by atoms with Crippen LogP contribution in [-0.4, -0.2) is 45.2 Å². The highest BCUT2D eigenvalue weighted by molar-refractivity contribution is 6.30. The Kier molecular flexibility index (Phi) is 6.77. The minimum absolute atomic E-state index is 0.0812. The second-order valence-electron chi connectivity index (χ2n) is 7.15. The molecule has 2 aromatic carbocycles. The molecule has 0 spiro atoms. The first-order chi connectivity index (χ1) is 13.9. The molecule has 0 amide bonds. The molecule has 0 unspecified atom stereocenters. The van der Waals surface area contributed by atoms with Gasteiger partial charge in [-0.15, -0.1) is 0 Å². The van der Waals surface area contributed by atoms with Crippen LogP contribution in [0.25, 0.3) is 0 Å². The van der Waals surface area contributed by atoms with Gasteiger partial charge in [0.2, 0.25) is 0 Å². The van der Waals surface area contributed by atoms with E-state index in [0.29, 0.717) is 24.5 Å². The summed E-state index contributed by atoms with van der Waals surface area (Å²) in [4.78, 5) is 6.54. The maximum Gasteiger partial charge on any atom is 0.147 e. The topological polar surface area (TPSA) is 43.3 Å². The predicted molar refractivity (Wildman–Crippen MR) is 113 cm³/mol. The summed E-state index contributed by atoms with van der Waals surface area (Å²) in [7, 11) is 3.58. The standard InChI is InChI=1S/C22H26ClFN2O3/c1-5-26(3)14-25-19-10-20(27-4)17(9-15(19)2)22(12-28-13-22)29-11-16-7-6-8-18(23)21(16)24/h6-10,14H,5,11-13H2,1-4H3. The van der Waals surface area contributed by atoms with E-state index in [-0.39, 0.29) is 11.6 Å². The van der Waals surface area contributed by atoms with Crippen molar-refractivity contribution in [2.45, 2.75) is 26.1 Å². The number of nitrogens with zero attached hydrogens (tertiary/aromatic N) is 2. The fourth-order valence-corrected chi connectivity index (χ4v) is 3.26. The van der Waals surface area contributed by atoms with Crippen LogP contribution in [0.2, 0.25) is 5.02 Å². The molecule has 5 nitrogen and oxygen atoms in total. The fraction of sp³-hybridized carbons (Fsp3) is 0.409. The third kappa shape index (κ3) is 4.55. The molecule has 0 atom stereocenters. The highest BCUT2D eigenvalue weighted by Crippen LogP contribution is 2.42. The van der Waals surface area contributed by atoms with Crippen LogP contribution < -0.4 is 4.74 Å². The van der Waals surface area contributed by atoms with Crippen LogP contribution in [0.1, 0.15) is 23.6 Å². The Hall–Kier alpha value is -2.15. The third-order valence-electron chi connectivity index (χ3n) is 5.11. The van der Waals surface area contributed by atoms with Crippen molar-refractivity contribution in [1.82, 2.24) is 4.90 Å². The highest BCUT2D eigenvalue weighted by Gasteiger charge is 2.44. The fourth-order valence-electron chi connectivity index (χ4n) is 3.06. The van der Waals surface area contributed by atoms with E-state index in [1.807, 2.05) is 31.0 Å². The average Bonchev–Trinajstić information content (AvgIpc) is 2.69. The van der Waals surface area contributed by atoms with Gasteiger partial charge in [-0.25, -0.2) is 9.38 Å². The van der Waals surface area contributed by atoms with Gasteiger partial charge in [0.1, 0.15) is 17.2 Å². The second kappa shape index (κ2) is 9.11. The molecular formula is C22H26ClFN2O3. The van der Waals surface area contributed by atoms with E-state index in [9.17, 15) is 4.39 Å². The SMILES string of the molecule is CCN(C)C=Nc1cc(OC)c(C2(OCc3cccc(Cl)c3F)COC2)cc1C. The van der Waals surface area contributed by atoms with Crippen molar-refractivity contribution in [3.8, 4) is 5.75 Å². The second-order valence-corrected chi connectivity index (χ2v) is 7.55. The molecule has 1 aliphatic rings. The molecule has 0 aromatic heterocycles. The zero-order chi connectivity index (χ0) is 21.0. The van der Waals surface area contributed by atoms with Gasteiger partial charge in [-0.2, -0.15) is 0 Å². The number of rotatable bonds is 8. The largest absolute Gasteiger partial charge is 0.496 e. The number of halogens is 2. The summed E-state index contributed by atoms with van der Waals surface area (Å²) < 4.78 is 31.5. The predicted octanol–water partition coefficient (Wildman–Crippen LogP) is 4.85. The van der Waals surface area contributed by atoms with Gasteiger partial charge >= 0.3 is 0 Å². The number of ether oxygens (including phenoxy) is 3. The van der Waals surface area contributed by atoms with Crippen molar-refractivity contribution < 1.29 is 18.6 Å². The number of hydrogen-bond acceptors (Lipinski definition) is 4. The summed E-state index contributed by atoms with van der Waals surface area (Å²) in [6.07, 6.45) is 1.79. The Morgan fingerprint density at radius 1 is 1.34 bits per heavy atom. The summed E-state index contributed by atoms with van der Waals surface area (Å²) in [5.74, 6) is 0.203. The molecule has 156 valence electrons. The van der Waals surface area contributed by atoms with Crippen molar-refractivity contribution in [1.29, 1.82) is 0 Å². The van der Waals surface area contributed by atoms with Gasteiger partial charge in [0.05, 0.1) is 44.0 Å². The zero-order valence-electron chi connectivity index (χ0n) is 17.2. The monoisotopic (exact) mass is 420 g/mol. The summed E-state index contributed by atoms with van der Waals surface area (Å²) in [6.45, 7) is 5.73. The molecule has 3 rings (SSSR count). The molecule has 1 heterocycles. The van der Waals surface area contributed by atoms with Crippen molar-refractivity contribution in [3.05, 3.63) is 57.9 Å². The molecule has 1 saturated heterocycles. The number of hydrogen-bond donors (Lipinski definition) is 0. The van der Waals surface area contributed by atoms with Crippen LogP contribution in [0, 0.1) is 12.7 Å². The summed E-state index contributed by atoms with van der Waals surface area (Å²) >= 11 is 5.88.